The van der Waals surface area contributed by atoms with Crippen molar-refractivity contribution >= 4 is 23.7 Å². The molecular formula is C22H26N4O8. The maximum absolute atomic E-state index is 12.6. The van der Waals surface area contributed by atoms with Crippen molar-refractivity contribution in [2.75, 3.05) is 18.6 Å². The van der Waals surface area contributed by atoms with Crippen LogP contribution in [0.3, 0.4) is 0 Å². The second-order valence-electron chi connectivity index (χ2n) is 7.55. The van der Waals surface area contributed by atoms with Gasteiger partial charge in [-0.25, -0.2) is 4.79 Å². The van der Waals surface area contributed by atoms with E-state index in [1.165, 1.54) is 24.6 Å². The van der Waals surface area contributed by atoms with Gasteiger partial charge < -0.3 is 18.9 Å². The molecule has 1 aliphatic heterocycles. The van der Waals surface area contributed by atoms with E-state index in [0.717, 1.165) is 0 Å². The SMILES string of the molecule is CC(=O)OC[C@H]1O[C@@H](n2cc(C)c(NNC(=O)COc3ccccc3)nc2=O)C[C@@H]1OC(C)=O. The van der Waals surface area contributed by atoms with Gasteiger partial charge in [0, 0.05) is 32.0 Å². The number of carbonyl (C=O) groups is 3. The Morgan fingerprint density at radius 1 is 1.18 bits per heavy atom. The second-order valence-corrected chi connectivity index (χ2v) is 7.55. The predicted molar refractivity (Wildman–Crippen MR) is 118 cm³/mol. The topological polar surface area (TPSA) is 147 Å². The summed E-state index contributed by atoms with van der Waals surface area (Å²) in [6, 6.07) is 8.85. The van der Waals surface area contributed by atoms with Gasteiger partial charge in [0.15, 0.2) is 12.4 Å². The van der Waals surface area contributed by atoms with Crippen LogP contribution in [0.2, 0.25) is 0 Å². The normalized spacial score (nSPS) is 19.2. The summed E-state index contributed by atoms with van der Waals surface area (Å²) in [5.41, 5.74) is 4.93. The third kappa shape index (κ3) is 6.78. The number of amides is 1. The summed E-state index contributed by atoms with van der Waals surface area (Å²) in [6.45, 7) is 3.84. The summed E-state index contributed by atoms with van der Waals surface area (Å²) in [4.78, 5) is 51.2. The molecule has 0 aliphatic carbocycles. The number of aryl methyl sites for hydroxylation is 1. The van der Waals surface area contributed by atoms with Crippen molar-refractivity contribution in [3.05, 3.63) is 52.6 Å². The van der Waals surface area contributed by atoms with Crippen LogP contribution < -0.4 is 21.3 Å². The molecule has 1 amide bonds. The summed E-state index contributed by atoms with van der Waals surface area (Å²) >= 11 is 0. The first-order chi connectivity index (χ1) is 16.2. The van der Waals surface area contributed by atoms with E-state index in [1.54, 1.807) is 31.2 Å². The first-order valence-electron chi connectivity index (χ1n) is 10.5. The second kappa shape index (κ2) is 11.3. The first-order valence-corrected chi connectivity index (χ1v) is 10.5. The Bertz CT molecular complexity index is 1090. The average molecular weight is 474 g/mol. The Hall–Kier alpha value is -3.93. The zero-order valence-corrected chi connectivity index (χ0v) is 19.0. The number of hydrazine groups is 1. The molecule has 2 N–H and O–H groups in total. The molecule has 1 aliphatic rings. The van der Waals surface area contributed by atoms with E-state index in [4.69, 9.17) is 18.9 Å². The minimum Gasteiger partial charge on any atom is -0.484 e. The Labute approximate surface area is 195 Å². The lowest BCUT2D eigenvalue weighted by molar-refractivity contribution is -0.155. The molecule has 2 aromatic rings. The molecule has 0 unspecified atom stereocenters. The summed E-state index contributed by atoms with van der Waals surface area (Å²) < 4.78 is 22.7. The van der Waals surface area contributed by atoms with Gasteiger partial charge in [-0.2, -0.15) is 4.98 Å². The number of nitrogens with zero attached hydrogens (tertiary/aromatic N) is 2. The van der Waals surface area contributed by atoms with Crippen LogP contribution in [0.5, 0.6) is 5.75 Å². The molecule has 0 saturated carbocycles. The van der Waals surface area contributed by atoms with Crippen LogP contribution in [0.1, 0.15) is 32.1 Å². The Balaban J connectivity index is 1.62. The molecule has 1 aromatic heterocycles. The number of para-hydroxylation sites is 1. The number of anilines is 1. The molecule has 12 nitrogen and oxygen atoms in total. The van der Waals surface area contributed by atoms with E-state index in [2.05, 4.69) is 15.8 Å². The highest BCUT2D eigenvalue weighted by atomic mass is 16.6. The van der Waals surface area contributed by atoms with Crippen LogP contribution in [0.4, 0.5) is 5.82 Å². The van der Waals surface area contributed by atoms with Gasteiger partial charge in [-0.1, -0.05) is 18.2 Å². The average Bonchev–Trinajstić information content (AvgIpc) is 3.18. The Morgan fingerprint density at radius 3 is 2.59 bits per heavy atom. The lowest BCUT2D eigenvalue weighted by Gasteiger charge is -2.18. The van der Waals surface area contributed by atoms with Gasteiger partial charge in [0.05, 0.1) is 0 Å². The van der Waals surface area contributed by atoms with E-state index in [0.29, 0.717) is 11.3 Å². The van der Waals surface area contributed by atoms with Crippen molar-refractivity contribution < 1.29 is 33.3 Å². The first kappa shape index (κ1) is 24.7. The van der Waals surface area contributed by atoms with E-state index < -0.39 is 42.0 Å². The summed E-state index contributed by atoms with van der Waals surface area (Å²) in [5, 5.41) is 0. The summed E-state index contributed by atoms with van der Waals surface area (Å²) in [5.74, 6) is -0.790. The molecule has 1 saturated heterocycles. The summed E-state index contributed by atoms with van der Waals surface area (Å²) in [6.07, 6.45) is -0.532. The Morgan fingerprint density at radius 2 is 1.91 bits per heavy atom. The smallest absolute Gasteiger partial charge is 0.351 e. The zero-order valence-electron chi connectivity index (χ0n) is 19.0. The molecule has 182 valence electrons. The predicted octanol–water partition coefficient (Wildman–Crippen LogP) is 0.856. The van der Waals surface area contributed by atoms with Crippen molar-refractivity contribution in [1.29, 1.82) is 0 Å². The number of aromatic nitrogens is 2. The quantitative estimate of drug-likeness (QED) is 0.396. The highest BCUT2D eigenvalue weighted by Gasteiger charge is 2.39. The molecular weight excluding hydrogens is 448 g/mol. The molecule has 0 bridgehead atoms. The number of nitrogens with one attached hydrogen (secondary N) is 2. The van der Waals surface area contributed by atoms with E-state index >= 15 is 0 Å². The van der Waals surface area contributed by atoms with Crippen molar-refractivity contribution in [2.24, 2.45) is 0 Å². The lowest BCUT2D eigenvalue weighted by atomic mass is 10.2. The van der Waals surface area contributed by atoms with Crippen molar-refractivity contribution in [1.82, 2.24) is 15.0 Å². The highest BCUT2D eigenvalue weighted by Crippen LogP contribution is 2.30. The van der Waals surface area contributed by atoms with E-state index in [1.807, 2.05) is 6.07 Å². The van der Waals surface area contributed by atoms with Crippen LogP contribution in [0, 0.1) is 6.92 Å². The third-order valence-corrected chi connectivity index (χ3v) is 4.83. The van der Waals surface area contributed by atoms with Crippen molar-refractivity contribution in [2.45, 2.75) is 45.6 Å². The fourth-order valence-electron chi connectivity index (χ4n) is 3.29. The monoisotopic (exact) mass is 474 g/mol. The molecule has 12 heteroatoms. The van der Waals surface area contributed by atoms with Gasteiger partial charge >= 0.3 is 17.6 Å². The minimum absolute atomic E-state index is 0.123. The molecule has 1 aromatic carbocycles. The highest BCUT2D eigenvalue weighted by molar-refractivity contribution is 5.78. The maximum Gasteiger partial charge on any atom is 0.351 e. The summed E-state index contributed by atoms with van der Waals surface area (Å²) in [7, 11) is 0. The van der Waals surface area contributed by atoms with E-state index in [9.17, 15) is 19.2 Å². The van der Waals surface area contributed by atoms with Gasteiger partial charge in [0.2, 0.25) is 0 Å². The largest absolute Gasteiger partial charge is 0.484 e. The maximum atomic E-state index is 12.6. The molecule has 3 rings (SSSR count). The van der Waals surface area contributed by atoms with E-state index in [-0.39, 0.29) is 25.5 Å². The van der Waals surface area contributed by atoms with Crippen LogP contribution in [0.25, 0.3) is 0 Å². The minimum atomic E-state index is -0.786. The molecule has 3 atom stereocenters. The molecule has 2 heterocycles. The van der Waals surface area contributed by atoms with Gasteiger partial charge in [-0.3, -0.25) is 29.8 Å². The molecule has 1 fully saturated rings. The van der Waals surface area contributed by atoms with Crippen molar-refractivity contribution in [3.8, 4) is 5.75 Å². The van der Waals surface area contributed by atoms with Gasteiger partial charge in [0.1, 0.15) is 30.8 Å². The lowest BCUT2D eigenvalue weighted by Crippen LogP contribution is -2.36. The van der Waals surface area contributed by atoms with Crippen LogP contribution >= 0.6 is 0 Å². The van der Waals surface area contributed by atoms with Gasteiger partial charge in [-0.15, -0.1) is 0 Å². The number of hydrogen-bond donors (Lipinski definition) is 2. The number of esters is 2. The van der Waals surface area contributed by atoms with Crippen LogP contribution in [-0.2, 0) is 28.6 Å². The number of carbonyl (C=O) groups excluding carboxylic acids is 3. The number of ether oxygens (including phenoxy) is 4. The fraction of sp³-hybridized carbons (Fsp3) is 0.409. The van der Waals surface area contributed by atoms with Gasteiger partial charge in [-0.05, 0) is 19.1 Å². The molecule has 0 spiro atoms. The van der Waals surface area contributed by atoms with Crippen LogP contribution in [0.15, 0.2) is 41.3 Å². The number of hydrogen-bond acceptors (Lipinski definition) is 10. The Kier molecular flexibility index (Phi) is 8.19. The van der Waals surface area contributed by atoms with Crippen molar-refractivity contribution in [3.63, 3.8) is 0 Å². The standard InChI is InChI=1S/C22H26N4O8/c1-13-10-26(20-9-17(33-15(3)28)18(34-20)11-31-14(2)27)22(30)23-21(13)25-24-19(29)12-32-16-7-5-4-6-8-16/h4-8,10,17-18,20H,9,11-12H2,1-3H3,(H,24,29)(H,23,25,30)/t17-,18+,20+/m0/s1. The fourth-order valence-corrected chi connectivity index (χ4v) is 3.29. The molecule has 0 radical (unpaired) electrons. The van der Waals surface area contributed by atoms with Crippen LogP contribution in [-0.4, -0.2) is 52.8 Å². The number of rotatable bonds is 9. The zero-order chi connectivity index (χ0) is 24.7. The third-order valence-electron chi connectivity index (χ3n) is 4.83. The number of benzene rings is 1. The van der Waals surface area contributed by atoms with Gasteiger partial charge in [0.25, 0.3) is 5.91 Å². The molecule has 34 heavy (non-hydrogen) atoms.